The fourth-order valence-electron chi connectivity index (χ4n) is 3.35. The van der Waals surface area contributed by atoms with Crippen LogP contribution in [0.1, 0.15) is 17.1 Å². The number of ether oxygens (including phenoxy) is 1. The van der Waals surface area contributed by atoms with Gasteiger partial charge in [0.2, 0.25) is 5.78 Å². The highest BCUT2D eigenvalue weighted by molar-refractivity contribution is 5.35. The van der Waals surface area contributed by atoms with Crippen LogP contribution in [0.25, 0.3) is 5.78 Å². The minimum atomic E-state index is -0.367. The van der Waals surface area contributed by atoms with Crippen molar-refractivity contribution in [3.63, 3.8) is 0 Å². The Morgan fingerprint density at radius 3 is 2.83 bits per heavy atom. The van der Waals surface area contributed by atoms with Gasteiger partial charge >= 0.3 is 0 Å². The van der Waals surface area contributed by atoms with Crippen molar-refractivity contribution in [2.45, 2.75) is 26.5 Å². The van der Waals surface area contributed by atoms with Gasteiger partial charge in [-0.25, -0.2) is 9.97 Å². The van der Waals surface area contributed by atoms with Crippen molar-refractivity contribution < 1.29 is 9.84 Å². The van der Waals surface area contributed by atoms with E-state index in [4.69, 9.17) is 4.74 Å². The van der Waals surface area contributed by atoms with Crippen molar-refractivity contribution in [3.8, 4) is 0 Å². The minimum absolute atomic E-state index is 0.367. The van der Waals surface area contributed by atoms with E-state index < -0.39 is 0 Å². The number of β-amino-alcohol motifs (C(OH)–C–C–N with tert-alkyl or cyclic N) is 1. The predicted octanol–water partition coefficient (Wildman–Crippen LogP) is 0.471. The summed E-state index contributed by atoms with van der Waals surface area (Å²) in [6.45, 7) is 9.43. The number of aliphatic hydroxyl groups is 1. The van der Waals surface area contributed by atoms with Crippen LogP contribution in [0.4, 0.5) is 0 Å². The van der Waals surface area contributed by atoms with E-state index >= 15 is 0 Å². The molecular formula is C17H27N5O2. The Kier molecular flexibility index (Phi) is 5.45. The second-order valence-electron chi connectivity index (χ2n) is 6.69. The first-order valence-corrected chi connectivity index (χ1v) is 8.50. The third-order valence-electron chi connectivity index (χ3n) is 4.39. The summed E-state index contributed by atoms with van der Waals surface area (Å²) in [6, 6.07) is 2.06. The molecule has 1 aliphatic rings. The Labute approximate surface area is 142 Å². The number of aliphatic hydroxyl groups excluding tert-OH is 1. The van der Waals surface area contributed by atoms with Crippen LogP contribution in [0.5, 0.6) is 0 Å². The van der Waals surface area contributed by atoms with Crippen LogP contribution in [-0.2, 0) is 11.3 Å². The molecular weight excluding hydrogens is 306 g/mol. The largest absolute Gasteiger partial charge is 0.390 e. The third kappa shape index (κ3) is 4.10. The molecule has 1 unspecified atom stereocenters. The van der Waals surface area contributed by atoms with E-state index in [9.17, 15) is 5.11 Å². The van der Waals surface area contributed by atoms with Crippen molar-refractivity contribution in [1.29, 1.82) is 0 Å². The molecule has 132 valence electrons. The molecule has 1 aliphatic heterocycles. The lowest BCUT2D eigenvalue weighted by Crippen LogP contribution is -2.44. The van der Waals surface area contributed by atoms with E-state index in [0.717, 1.165) is 55.7 Å². The first-order valence-electron chi connectivity index (χ1n) is 8.50. The lowest BCUT2D eigenvalue weighted by atomic mass is 10.2. The smallest absolute Gasteiger partial charge is 0.234 e. The number of nitrogens with zero attached hydrogens (tertiary/aromatic N) is 5. The fraction of sp³-hybridized carbons (Fsp3) is 0.647. The van der Waals surface area contributed by atoms with Crippen molar-refractivity contribution in [3.05, 3.63) is 29.3 Å². The number of fused-ring (bicyclic) bond motifs is 1. The van der Waals surface area contributed by atoms with Crippen LogP contribution in [-0.4, -0.2) is 81.8 Å². The average molecular weight is 333 g/mol. The summed E-state index contributed by atoms with van der Waals surface area (Å²) in [5.74, 6) is 0.741. The van der Waals surface area contributed by atoms with Crippen molar-refractivity contribution >= 4 is 5.78 Å². The molecule has 2 aromatic rings. The maximum absolute atomic E-state index is 10.3. The molecule has 0 aromatic carbocycles. The second-order valence-corrected chi connectivity index (χ2v) is 6.69. The summed E-state index contributed by atoms with van der Waals surface area (Å²) in [6.07, 6.45) is 1.51. The van der Waals surface area contributed by atoms with Crippen molar-refractivity contribution in [2.75, 3.05) is 46.4 Å². The van der Waals surface area contributed by atoms with Crippen LogP contribution in [0, 0.1) is 13.8 Å². The molecule has 3 rings (SSSR count). The third-order valence-corrected chi connectivity index (χ3v) is 4.39. The summed E-state index contributed by atoms with van der Waals surface area (Å²) in [5, 5.41) is 10.3. The molecule has 1 N–H and O–H groups in total. The second kappa shape index (κ2) is 7.57. The first-order chi connectivity index (χ1) is 11.5. The molecule has 3 heterocycles. The summed E-state index contributed by atoms with van der Waals surface area (Å²) in [7, 11) is 2.03. The molecule has 7 heteroatoms. The van der Waals surface area contributed by atoms with Gasteiger partial charge in [0.05, 0.1) is 31.2 Å². The van der Waals surface area contributed by atoms with Crippen LogP contribution in [0.15, 0.2) is 12.3 Å². The number of morpholine rings is 1. The van der Waals surface area contributed by atoms with Gasteiger partial charge in [0.1, 0.15) is 0 Å². The van der Waals surface area contributed by atoms with E-state index in [2.05, 4.69) is 37.2 Å². The topological polar surface area (TPSA) is 66.1 Å². The lowest BCUT2D eigenvalue weighted by molar-refractivity contribution is 0.00817. The van der Waals surface area contributed by atoms with Gasteiger partial charge < -0.3 is 9.84 Å². The number of aryl methyl sites for hydroxylation is 2. The zero-order chi connectivity index (χ0) is 17.1. The standard InChI is InChI=1S/C17H27N5O2/c1-13-8-14(2)22-15(9-18-17(22)19-13)10-20(3)11-16(23)12-21-4-6-24-7-5-21/h8-9,16,23H,4-7,10-12H2,1-3H3. The number of imidazole rings is 1. The van der Waals surface area contributed by atoms with E-state index in [1.165, 1.54) is 0 Å². The summed E-state index contributed by atoms with van der Waals surface area (Å²) < 4.78 is 7.42. The van der Waals surface area contributed by atoms with E-state index in [0.29, 0.717) is 13.1 Å². The minimum Gasteiger partial charge on any atom is -0.390 e. The summed E-state index contributed by atoms with van der Waals surface area (Å²) in [5.41, 5.74) is 3.20. The molecule has 0 amide bonds. The van der Waals surface area contributed by atoms with Gasteiger partial charge in [-0.05, 0) is 27.0 Å². The number of aromatic nitrogens is 3. The summed E-state index contributed by atoms with van der Waals surface area (Å²) in [4.78, 5) is 13.3. The molecule has 0 bridgehead atoms. The molecule has 2 aromatic heterocycles. The van der Waals surface area contributed by atoms with E-state index in [1.54, 1.807) is 0 Å². The number of hydrogen-bond donors (Lipinski definition) is 1. The Balaban J connectivity index is 1.59. The molecule has 7 nitrogen and oxygen atoms in total. The maximum atomic E-state index is 10.3. The van der Waals surface area contributed by atoms with Gasteiger partial charge in [0.15, 0.2) is 0 Å². The number of likely N-dealkylation sites (N-methyl/N-ethyl adjacent to an activating group) is 1. The van der Waals surface area contributed by atoms with Gasteiger partial charge in [-0.15, -0.1) is 0 Å². The molecule has 0 spiro atoms. The predicted molar refractivity (Wildman–Crippen MR) is 92.1 cm³/mol. The molecule has 1 fully saturated rings. The van der Waals surface area contributed by atoms with Crippen LogP contribution < -0.4 is 0 Å². The maximum Gasteiger partial charge on any atom is 0.234 e. The highest BCUT2D eigenvalue weighted by Gasteiger charge is 2.17. The van der Waals surface area contributed by atoms with Gasteiger partial charge in [-0.1, -0.05) is 0 Å². The monoisotopic (exact) mass is 333 g/mol. The normalized spacial score (nSPS) is 17.7. The van der Waals surface area contributed by atoms with Crippen LogP contribution in [0.2, 0.25) is 0 Å². The molecule has 0 aliphatic carbocycles. The Hall–Kier alpha value is -1.54. The quantitative estimate of drug-likeness (QED) is 0.829. The lowest BCUT2D eigenvalue weighted by Gasteiger charge is -2.30. The fourth-order valence-corrected chi connectivity index (χ4v) is 3.35. The van der Waals surface area contributed by atoms with Gasteiger partial charge in [-0.3, -0.25) is 14.2 Å². The highest BCUT2D eigenvalue weighted by atomic mass is 16.5. The molecule has 0 saturated carbocycles. The van der Waals surface area contributed by atoms with Gasteiger partial charge in [0.25, 0.3) is 0 Å². The zero-order valence-corrected chi connectivity index (χ0v) is 14.8. The molecule has 1 atom stereocenters. The van der Waals surface area contributed by atoms with Crippen LogP contribution in [0.3, 0.4) is 0 Å². The number of rotatable bonds is 6. The average Bonchev–Trinajstić information content (AvgIpc) is 2.90. The van der Waals surface area contributed by atoms with E-state index in [-0.39, 0.29) is 6.10 Å². The van der Waals surface area contributed by atoms with E-state index in [1.807, 2.05) is 20.2 Å². The van der Waals surface area contributed by atoms with Crippen molar-refractivity contribution in [2.24, 2.45) is 0 Å². The van der Waals surface area contributed by atoms with Crippen LogP contribution >= 0.6 is 0 Å². The number of hydrogen-bond acceptors (Lipinski definition) is 6. The molecule has 1 saturated heterocycles. The Morgan fingerprint density at radius 1 is 1.33 bits per heavy atom. The first kappa shape index (κ1) is 17.3. The van der Waals surface area contributed by atoms with Gasteiger partial charge in [-0.2, -0.15) is 0 Å². The summed E-state index contributed by atoms with van der Waals surface area (Å²) >= 11 is 0. The SMILES string of the molecule is Cc1cc(C)n2c(CN(C)CC(O)CN3CCOCC3)cnc2n1. The highest BCUT2D eigenvalue weighted by Crippen LogP contribution is 2.12. The van der Waals surface area contributed by atoms with Crippen molar-refractivity contribution in [1.82, 2.24) is 24.2 Å². The Bertz CT molecular complexity index is 681. The molecule has 24 heavy (non-hydrogen) atoms. The zero-order valence-electron chi connectivity index (χ0n) is 14.8. The Morgan fingerprint density at radius 2 is 2.08 bits per heavy atom. The molecule has 0 radical (unpaired) electrons. The van der Waals surface area contributed by atoms with Gasteiger partial charge in [0, 0.05) is 44.1 Å².